The smallest absolute Gasteiger partial charge is 0.262 e. The van der Waals surface area contributed by atoms with E-state index in [4.69, 9.17) is 0 Å². The SMILES string of the molecule is O=S(=O)(Nc1cc(F)ccc1F)c1cc(F)cc(F)c1. The van der Waals surface area contributed by atoms with Crippen LogP contribution >= 0.6 is 0 Å². The molecule has 8 heteroatoms. The summed E-state index contributed by atoms with van der Waals surface area (Å²) >= 11 is 0. The third-order valence-corrected chi connectivity index (χ3v) is 3.66. The average Bonchev–Trinajstić information content (AvgIpc) is 2.32. The molecule has 106 valence electrons. The van der Waals surface area contributed by atoms with Crippen molar-refractivity contribution >= 4 is 15.7 Å². The van der Waals surface area contributed by atoms with E-state index < -0.39 is 43.9 Å². The zero-order chi connectivity index (χ0) is 14.9. The highest BCUT2D eigenvalue weighted by Crippen LogP contribution is 2.21. The third kappa shape index (κ3) is 3.08. The van der Waals surface area contributed by atoms with E-state index in [0.717, 1.165) is 12.1 Å². The Morgan fingerprint density at radius 3 is 2.00 bits per heavy atom. The van der Waals surface area contributed by atoms with Crippen LogP contribution in [0.1, 0.15) is 0 Å². The van der Waals surface area contributed by atoms with Crippen molar-refractivity contribution in [2.75, 3.05) is 4.72 Å². The molecule has 0 bridgehead atoms. The van der Waals surface area contributed by atoms with Crippen molar-refractivity contribution < 1.29 is 26.0 Å². The largest absolute Gasteiger partial charge is 0.277 e. The van der Waals surface area contributed by atoms with Gasteiger partial charge in [0.15, 0.2) is 0 Å². The van der Waals surface area contributed by atoms with Crippen LogP contribution in [-0.2, 0) is 10.0 Å². The van der Waals surface area contributed by atoms with E-state index in [0.29, 0.717) is 24.3 Å². The number of anilines is 1. The van der Waals surface area contributed by atoms with Gasteiger partial charge in [0, 0.05) is 12.1 Å². The van der Waals surface area contributed by atoms with Gasteiger partial charge in [-0.3, -0.25) is 4.72 Å². The Kier molecular flexibility index (Phi) is 3.67. The fraction of sp³-hybridized carbons (Fsp3) is 0. The molecule has 2 rings (SSSR count). The van der Waals surface area contributed by atoms with Gasteiger partial charge in [-0.1, -0.05) is 0 Å². The molecule has 0 heterocycles. The lowest BCUT2D eigenvalue weighted by molar-refractivity contribution is 0.568. The summed E-state index contributed by atoms with van der Waals surface area (Å²) in [5.74, 6) is -4.10. The number of halogens is 4. The molecule has 3 nitrogen and oxygen atoms in total. The van der Waals surface area contributed by atoms with Gasteiger partial charge < -0.3 is 0 Å². The number of rotatable bonds is 3. The van der Waals surface area contributed by atoms with Gasteiger partial charge in [-0.15, -0.1) is 0 Å². The highest BCUT2D eigenvalue weighted by molar-refractivity contribution is 7.92. The fourth-order valence-electron chi connectivity index (χ4n) is 1.46. The van der Waals surface area contributed by atoms with E-state index in [1.165, 1.54) is 0 Å². The Morgan fingerprint density at radius 1 is 0.800 bits per heavy atom. The van der Waals surface area contributed by atoms with Crippen molar-refractivity contribution in [3.05, 3.63) is 59.7 Å². The average molecular weight is 305 g/mol. The molecule has 0 saturated carbocycles. The standard InChI is InChI=1S/C12H7F4NO2S/c13-7-1-2-11(16)12(6-7)17-20(18,19)10-4-8(14)3-9(15)5-10/h1-6,17H. The zero-order valence-electron chi connectivity index (χ0n) is 9.70. The molecule has 0 aliphatic heterocycles. The van der Waals surface area contributed by atoms with Crippen LogP contribution in [0.15, 0.2) is 41.3 Å². The van der Waals surface area contributed by atoms with Gasteiger partial charge in [0.25, 0.3) is 10.0 Å². The second kappa shape index (κ2) is 5.12. The molecular formula is C12H7F4NO2S. The number of sulfonamides is 1. The maximum absolute atomic E-state index is 13.3. The van der Waals surface area contributed by atoms with Crippen LogP contribution in [0.2, 0.25) is 0 Å². The van der Waals surface area contributed by atoms with Crippen molar-refractivity contribution in [3.8, 4) is 0 Å². The summed E-state index contributed by atoms with van der Waals surface area (Å²) in [6, 6.07) is 3.74. The molecule has 0 aromatic heterocycles. The van der Waals surface area contributed by atoms with E-state index in [2.05, 4.69) is 0 Å². The number of nitrogens with one attached hydrogen (secondary N) is 1. The summed E-state index contributed by atoms with van der Waals surface area (Å²) in [7, 11) is -4.43. The predicted octanol–water partition coefficient (Wildman–Crippen LogP) is 3.04. The molecule has 0 spiro atoms. The molecule has 1 N–H and O–H groups in total. The molecule has 20 heavy (non-hydrogen) atoms. The fourth-order valence-corrected chi connectivity index (χ4v) is 2.56. The Labute approximate surface area is 111 Å². The van der Waals surface area contributed by atoms with Gasteiger partial charge in [0.2, 0.25) is 0 Å². The van der Waals surface area contributed by atoms with Crippen LogP contribution in [0.4, 0.5) is 23.2 Å². The monoisotopic (exact) mass is 305 g/mol. The van der Waals surface area contributed by atoms with Gasteiger partial charge in [0.1, 0.15) is 23.3 Å². The highest BCUT2D eigenvalue weighted by atomic mass is 32.2. The first-order chi connectivity index (χ1) is 9.28. The lowest BCUT2D eigenvalue weighted by Gasteiger charge is -2.09. The lowest BCUT2D eigenvalue weighted by atomic mass is 10.3. The first-order valence-electron chi connectivity index (χ1n) is 5.22. The Morgan fingerprint density at radius 2 is 1.40 bits per heavy atom. The molecule has 2 aromatic carbocycles. The number of hydrogen-bond donors (Lipinski definition) is 1. The maximum atomic E-state index is 13.3. The van der Waals surface area contributed by atoms with E-state index >= 15 is 0 Å². The molecular weight excluding hydrogens is 298 g/mol. The van der Waals surface area contributed by atoms with Crippen LogP contribution in [0.25, 0.3) is 0 Å². The van der Waals surface area contributed by atoms with E-state index in [1.54, 1.807) is 4.72 Å². The summed E-state index contributed by atoms with van der Waals surface area (Å²) < 4.78 is 77.6. The topological polar surface area (TPSA) is 46.2 Å². The van der Waals surface area contributed by atoms with Crippen molar-refractivity contribution in [2.24, 2.45) is 0 Å². The second-order valence-electron chi connectivity index (χ2n) is 3.83. The summed E-state index contributed by atoms with van der Waals surface area (Å²) in [5.41, 5.74) is -0.658. The van der Waals surface area contributed by atoms with Crippen LogP contribution in [0.3, 0.4) is 0 Å². The molecule has 0 unspecified atom stereocenters. The minimum absolute atomic E-state index is 0.488. The summed E-state index contributed by atoms with van der Waals surface area (Å²) in [6.45, 7) is 0. The molecule has 0 saturated heterocycles. The molecule has 0 radical (unpaired) electrons. The predicted molar refractivity (Wildman–Crippen MR) is 63.5 cm³/mol. The van der Waals surface area contributed by atoms with Gasteiger partial charge in [0.05, 0.1) is 10.6 Å². The maximum Gasteiger partial charge on any atom is 0.262 e. The molecule has 0 aliphatic rings. The van der Waals surface area contributed by atoms with Crippen LogP contribution < -0.4 is 4.72 Å². The molecule has 2 aromatic rings. The van der Waals surface area contributed by atoms with Crippen molar-refractivity contribution in [1.29, 1.82) is 0 Å². The molecule has 0 atom stereocenters. The molecule has 0 fully saturated rings. The second-order valence-corrected chi connectivity index (χ2v) is 5.52. The quantitative estimate of drug-likeness (QED) is 0.886. The Bertz CT molecular complexity index is 742. The van der Waals surface area contributed by atoms with Crippen molar-refractivity contribution in [3.63, 3.8) is 0 Å². The van der Waals surface area contributed by atoms with Crippen LogP contribution in [0.5, 0.6) is 0 Å². The summed E-state index contributed by atoms with van der Waals surface area (Å²) in [6.07, 6.45) is 0. The van der Waals surface area contributed by atoms with Crippen LogP contribution in [0, 0.1) is 23.3 Å². The first kappa shape index (κ1) is 14.3. The third-order valence-electron chi connectivity index (χ3n) is 2.32. The van der Waals surface area contributed by atoms with Gasteiger partial charge >= 0.3 is 0 Å². The molecule has 0 aliphatic carbocycles. The first-order valence-corrected chi connectivity index (χ1v) is 6.70. The number of benzene rings is 2. The van der Waals surface area contributed by atoms with E-state index in [9.17, 15) is 26.0 Å². The Hall–Kier alpha value is -2.09. The summed E-state index contributed by atoms with van der Waals surface area (Å²) in [4.78, 5) is -0.737. The number of hydrogen-bond acceptors (Lipinski definition) is 2. The van der Waals surface area contributed by atoms with Crippen molar-refractivity contribution in [1.82, 2.24) is 0 Å². The highest BCUT2D eigenvalue weighted by Gasteiger charge is 2.18. The van der Waals surface area contributed by atoms with E-state index in [1.807, 2.05) is 0 Å². The van der Waals surface area contributed by atoms with Gasteiger partial charge in [-0.2, -0.15) is 0 Å². The van der Waals surface area contributed by atoms with Gasteiger partial charge in [-0.05, 0) is 24.3 Å². The normalized spacial score (nSPS) is 11.4. The van der Waals surface area contributed by atoms with Gasteiger partial charge in [-0.25, -0.2) is 26.0 Å². The van der Waals surface area contributed by atoms with Crippen molar-refractivity contribution in [2.45, 2.75) is 4.90 Å². The lowest BCUT2D eigenvalue weighted by Crippen LogP contribution is -2.14. The van der Waals surface area contributed by atoms with Crippen LogP contribution in [-0.4, -0.2) is 8.42 Å². The Balaban J connectivity index is 2.43. The minimum atomic E-state index is -4.43. The minimum Gasteiger partial charge on any atom is -0.277 e. The van der Waals surface area contributed by atoms with E-state index in [-0.39, 0.29) is 0 Å². The molecule has 0 amide bonds. The summed E-state index contributed by atoms with van der Waals surface area (Å²) in [5, 5.41) is 0. The zero-order valence-corrected chi connectivity index (χ0v) is 10.5.